The summed E-state index contributed by atoms with van der Waals surface area (Å²) in [5.74, 6) is 1.11. The van der Waals surface area contributed by atoms with E-state index in [9.17, 15) is 0 Å². The minimum Gasteiger partial charge on any atom is -0.469 e. The predicted molar refractivity (Wildman–Crippen MR) is 69.5 cm³/mol. The second-order valence-corrected chi connectivity index (χ2v) is 5.69. The van der Waals surface area contributed by atoms with Gasteiger partial charge in [-0.15, -0.1) is 0 Å². The number of fused-ring (bicyclic) bond motifs is 1. The highest BCUT2D eigenvalue weighted by Gasteiger charge is 2.33. The lowest BCUT2D eigenvalue weighted by Crippen LogP contribution is -2.34. The molecule has 0 fully saturated rings. The Hall–Kier alpha value is -0.840. The smallest absolute Gasteiger partial charge is 0.109 e. The Balaban J connectivity index is 1.88. The summed E-state index contributed by atoms with van der Waals surface area (Å²) < 4.78 is 10.8. The van der Waals surface area contributed by atoms with Crippen molar-refractivity contribution in [3.63, 3.8) is 0 Å². The van der Waals surface area contributed by atoms with Crippen molar-refractivity contribution in [3.05, 3.63) is 23.7 Å². The summed E-state index contributed by atoms with van der Waals surface area (Å²) in [5, 5.41) is 12.1. The lowest BCUT2D eigenvalue weighted by atomic mass is 9.75. The molecule has 1 heterocycles. The molecule has 1 atom stereocenters. The van der Waals surface area contributed by atoms with Gasteiger partial charge in [-0.2, -0.15) is 0 Å². The normalized spacial score (nSPS) is 21.8. The zero-order valence-corrected chi connectivity index (χ0v) is 11.2. The van der Waals surface area contributed by atoms with Gasteiger partial charge in [-0.1, -0.05) is 13.8 Å². The highest BCUT2D eigenvalue weighted by Crippen LogP contribution is 2.40. The summed E-state index contributed by atoms with van der Waals surface area (Å²) in [6.45, 7) is 6.47. The molecule has 0 spiro atoms. The number of rotatable bonds is 6. The topological polar surface area (TPSA) is 54.6 Å². The zero-order chi connectivity index (χ0) is 13.0. The number of aliphatic hydroxyl groups excluding tert-OH is 1. The average molecular weight is 253 g/mol. The summed E-state index contributed by atoms with van der Waals surface area (Å²) in [6.07, 6.45) is 3.90. The van der Waals surface area contributed by atoms with E-state index in [0.717, 1.165) is 25.1 Å². The van der Waals surface area contributed by atoms with E-state index < -0.39 is 0 Å². The monoisotopic (exact) mass is 253 g/mol. The van der Waals surface area contributed by atoms with Crippen LogP contribution in [0.15, 0.2) is 16.7 Å². The Morgan fingerprint density at radius 2 is 2.33 bits per heavy atom. The van der Waals surface area contributed by atoms with Gasteiger partial charge in [0, 0.05) is 24.6 Å². The molecule has 0 amide bonds. The molecular formula is C14H23NO3. The first-order valence-electron chi connectivity index (χ1n) is 6.61. The molecule has 0 aliphatic heterocycles. The first-order chi connectivity index (χ1) is 8.62. The van der Waals surface area contributed by atoms with E-state index in [1.54, 1.807) is 6.26 Å². The van der Waals surface area contributed by atoms with Crippen LogP contribution >= 0.6 is 0 Å². The second-order valence-electron chi connectivity index (χ2n) is 5.69. The number of nitrogens with one attached hydrogen (secondary N) is 1. The molecule has 0 aromatic carbocycles. The highest BCUT2D eigenvalue weighted by molar-refractivity contribution is 5.26. The van der Waals surface area contributed by atoms with Gasteiger partial charge in [0.2, 0.25) is 0 Å². The quantitative estimate of drug-likeness (QED) is 0.760. The molecule has 0 radical (unpaired) electrons. The maximum atomic E-state index is 8.63. The molecule has 1 unspecified atom stereocenters. The van der Waals surface area contributed by atoms with Gasteiger partial charge in [0.25, 0.3) is 0 Å². The molecular weight excluding hydrogens is 230 g/mol. The minimum absolute atomic E-state index is 0.0857. The van der Waals surface area contributed by atoms with Crippen molar-refractivity contribution >= 4 is 0 Å². The maximum absolute atomic E-state index is 8.63. The molecule has 0 saturated heterocycles. The van der Waals surface area contributed by atoms with E-state index in [-0.39, 0.29) is 12.0 Å². The Bertz CT molecular complexity index is 373. The Morgan fingerprint density at radius 1 is 1.50 bits per heavy atom. The molecule has 0 saturated carbocycles. The van der Waals surface area contributed by atoms with Crippen LogP contribution in [0.3, 0.4) is 0 Å². The number of furan rings is 1. The molecule has 4 nitrogen and oxygen atoms in total. The number of hydrogen-bond donors (Lipinski definition) is 2. The summed E-state index contributed by atoms with van der Waals surface area (Å²) in [7, 11) is 0. The standard InChI is InChI=1S/C14H23NO3/c1-14(2)9-12(15-4-7-17-8-5-16)11-3-6-18-13(11)10-14/h3,6,12,15-16H,4-5,7-10H2,1-2H3. The van der Waals surface area contributed by atoms with Gasteiger partial charge in [0.15, 0.2) is 0 Å². The Kier molecular flexibility index (Phi) is 4.43. The van der Waals surface area contributed by atoms with Gasteiger partial charge in [-0.25, -0.2) is 0 Å². The largest absolute Gasteiger partial charge is 0.469 e. The van der Waals surface area contributed by atoms with Crippen LogP contribution in [-0.4, -0.2) is 31.5 Å². The molecule has 2 N–H and O–H groups in total. The summed E-state index contributed by atoms with van der Waals surface area (Å²) in [5.41, 5.74) is 1.56. The van der Waals surface area contributed by atoms with Gasteiger partial charge in [0.05, 0.1) is 26.1 Å². The molecule has 2 rings (SSSR count). The van der Waals surface area contributed by atoms with Crippen LogP contribution in [0.4, 0.5) is 0 Å². The van der Waals surface area contributed by atoms with Gasteiger partial charge >= 0.3 is 0 Å². The van der Waals surface area contributed by atoms with Crippen LogP contribution in [0.2, 0.25) is 0 Å². The van der Waals surface area contributed by atoms with E-state index in [1.807, 2.05) is 0 Å². The average Bonchev–Trinajstić information content (AvgIpc) is 2.75. The van der Waals surface area contributed by atoms with Crippen LogP contribution in [0, 0.1) is 5.41 Å². The van der Waals surface area contributed by atoms with E-state index in [4.69, 9.17) is 14.3 Å². The molecule has 4 heteroatoms. The van der Waals surface area contributed by atoms with Crippen LogP contribution in [0.5, 0.6) is 0 Å². The SMILES string of the molecule is CC1(C)Cc2occc2C(NCCOCCO)C1. The second kappa shape index (κ2) is 5.87. The highest BCUT2D eigenvalue weighted by atomic mass is 16.5. The van der Waals surface area contributed by atoms with Crippen molar-refractivity contribution in [3.8, 4) is 0 Å². The number of hydrogen-bond acceptors (Lipinski definition) is 4. The van der Waals surface area contributed by atoms with Gasteiger partial charge in [-0.05, 0) is 17.9 Å². The van der Waals surface area contributed by atoms with E-state index in [0.29, 0.717) is 19.3 Å². The Labute approximate surface area is 108 Å². The maximum Gasteiger partial charge on any atom is 0.109 e. The fourth-order valence-electron chi connectivity index (χ4n) is 2.63. The van der Waals surface area contributed by atoms with E-state index >= 15 is 0 Å². The zero-order valence-electron chi connectivity index (χ0n) is 11.2. The van der Waals surface area contributed by atoms with Crippen molar-refractivity contribution in [2.24, 2.45) is 5.41 Å². The molecule has 1 aliphatic rings. The third-order valence-corrected chi connectivity index (χ3v) is 3.42. The van der Waals surface area contributed by atoms with Crippen LogP contribution in [-0.2, 0) is 11.2 Å². The number of aliphatic hydroxyl groups is 1. The van der Waals surface area contributed by atoms with Crippen LogP contribution in [0.25, 0.3) is 0 Å². The molecule has 1 aromatic rings. The van der Waals surface area contributed by atoms with Crippen molar-refractivity contribution in [1.29, 1.82) is 0 Å². The summed E-state index contributed by atoms with van der Waals surface area (Å²) in [4.78, 5) is 0. The van der Waals surface area contributed by atoms with Crippen molar-refractivity contribution in [2.75, 3.05) is 26.4 Å². The fourth-order valence-corrected chi connectivity index (χ4v) is 2.63. The summed E-state index contributed by atoms with van der Waals surface area (Å²) >= 11 is 0. The van der Waals surface area contributed by atoms with E-state index in [1.165, 1.54) is 5.56 Å². The first-order valence-corrected chi connectivity index (χ1v) is 6.61. The van der Waals surface area contributed by atoms with Crippen LogP contribution in [0.1, 0.15) is 37.6 Å². The van der Waals surface area contributed by atoms with Crippen molar-refractivity contribution in [2.45, 2.75) is 32.7 Å². The van der Waals surface area contributed by atoms with Crippen molar-refractivity contribution < 1.29 is 14.3 Å². The van der Waals surface area contributed by atoms with Crippen LogP contribution < -0.4 is 5.32 Å². The molecule has 18 heavy (non-hydrogen) atoms. The summed E-state index contributed by atoms with van der Waals surface area (Å²) in [6, 6.07) is 2.41. The number of ether oxygens (including phenoxy) is 1. The van der Waals surface area contributed by atoms with Gasteiger partial charge < -0.3 is 19.6 Å². The third kappa shape index (κ3) is 3.34. The lowest BCUT2D eigenvalue weighted by Gasteiger charge is -2.34. The predicted octanol–water partition coefficient (Wildman–Crippen LogP) is 1.89. The fraction of sp³-hybridized carbons (Fsp3) is 0.714. The van der Waals surface area contributed by atoms with Crippen molar-refractivity contribution in [1.82, 2.24) is 5.32 Å². The first kappa shape index (κ1) is 13.6. The minimum atomic E-state index is 0.0857. The van der Waals surface area contributed by atoms with Gasteiger partial charge in [0.1, 0.15) is 5.76 Å². The molecule has 1 aliphatic carbocycles. The van der Waals surface area contributed by atoms with Gasteiger partial charge in [-0.3, -0.25) is 0 Å². The molecule has 102 valence electrons. The Morgan fingerprint density at radius 3 is 3.11 bits per heavy atom. The lowest BCUT2D eigenvalue weighted by molar-refractivity contribution is 0.0908. The third-order valence-electron chi connectivity index (χ3n) is 3.42. The molecule has 1 aromatic heterocycles. The molecule has 0 bridgehead atoms. The van der Waals surface area contributed by atoms with E-state index in [2.05, 4.69) is 25.2 Å².